The fourth-order valence-corrected chi connectivity index (χ4v) is 1.48. The minimum absolute atomic E-state index is 0.136. The van der Waals surface area contributed by atoms with E-state index in [9.17, 15) is 18.0 Å². The first-order valence-electron chi connectivity index (χ1n) is 4.87. The third-order valence-corrected chi connectivity index (χ3v) is 2.14. The van der Waals surface area contributed by atoms with Crippen molar-refractivity contribution in [1.29, 1.82) is 5.41 Å². The lowest BCUT2D eigenvalue weighted by molar-refractivity contribution is -0.142. The van der Waals surface area contributed by atoms with Gasteiger partial charge >= 0.3 is 6.18 Å². The van der Waals surface area contributed by atoms with Gasteiger partial charge < -0.3 is 0 Å². The van der Waals surface area contributed by atoms with E-state index in [1.807, 2.05) is 0 Å². The van der Waals surface area contributed by atoms with Gasteiger partial charge in [-0.15, -0.1) is 0 Å². The monoisotopic (exact) mass is 259 g/mol. The summed E-state index contributed by atoms with van der Waals surface area (Å²) < 4.78 is 38.7. The Balaban J connectivity index is 2.52. The van der Waals surface area contributed by atoms with Gasteiger partial charge in [-0.2, -0.15) is 27.9 Å². The van der Waals surface area contributed by atoms with Crippen molar-refractivity contribution in [2.24, 2.45) is 4.99 Å². The van der Waals surface area contributed by atoms with Crippen molar-refractivity contribution in [2.45, 2.75) is 19.5 Å². The number of alkyl halides is 3. The summed E-state index contributed by atoms with van der Waals surface area (Å²) in [5.41, 5.74) is -0.912. The summed E-state index contributed by atoms with van der Waals surface area (Å²) in [6, 6.07) is 0.840. The van der Waals surface area contributed by atoms with Gasteiger partial charge in [-0.25, -0.2) is 0 Å². The second-order valence-corrected chi connectivity index (χ2v) is 3.69. The highest BCUT2D eigenvalue weighted by atomic mass is 19.4. The average molecular weight is 259 g/mol. The first kappa shape index (κ1) is 12.3. The van der Waals surface area contributed by atoms with Gasteiger partial charge in [-0.05, 0) is 13.0 Å². The number of aliphatic imine (C=N–C) groups is 1. The van der Waals surface area contributed by atoms with Crippen LogP contribution in [0, 0.1) is 12.3 Å². The summed E-state index contributed by atoms with van der Waals surface area (Å²) >= 11 is 0. The van der Waals surface area contributed by atoms with Crippen LogP contribution < -0.4 is 5.32 Å². The molecule has 96 valence electrons. The highest BCUT2D eigenvalue weighted by Crippen LogP contribution is 2.29. The summed E-state index contributed by atoms with van der Waals surface area (Å²) in [6.07, 6.45) is -4.88. The molecule has 9 heteroatoms. The Hall–Kier alpha value is -2.19. The smallest absolute Gasteiger partial charge is 0.294 e. The molecular formula is C9H8F3N5O. The average Bonchev–Trinajstić information content (AvgIpc) is 2.58. The third kappa shape index (κ3) is 2.24. The molecule has 2 N–H and O–H groups in total. The molecule has 6 nitrogen and oxygen atoms in total. The summed E-state index contributed by atoms with van der Waals surface area (Å²) in [6.45, 7) is 1.39. The zero-order chi connectivity index (χ0) is 13.5. The largest absolute Gasteiger partial charge is 0.433 e. The van der Waals surface area contributed by atoms with E-state index in [4.69, 9.17) is 5.41 Å². The Morgan fingerprint density at radius 2 is 2.17 bits per heavy atom. The number of rotatable bonds is 0. The quantitative estimate of drug-likeness (QED) is 0.726. The van der Waals surface area contributed by atoms with Gasteiger partial charge in [0.2, 0.25) is 11.9 Å². The number of halogens is 3. The maximum Gasteiger partial charge on any atom is 0.433 e. The van der Waals surface area contributed by atoms with Crippen molar-refractivity contribution in [2.75, 3.05) is 0 Å². The summed E-state index contributed by atoms with van der Waals surface area (Å²) in [4.78, 5) is 14.7. The van der Waals surface area contributed by atoms with Crippen LogP contribution in [-0.4, -0.2) is 27.5 Å². The fourth-order valence-electron chi connectivity index (χ4n) is 1.48. The Morgan fingerprint density at radius 3 is 2.72 bits per heavy atom. The molecule has 1 aliphatic rings. The minimum atomic E-state index is -4.62. The van der Waals surface area contributed by atoms with Crippen molar-refractivity contribution >= 4 is 17.7 Å². The van der Waals surface area contributed by atoms with Crippen molar-refractivity contribution < 1.29 is 18.0 Å². The van der Waals surface area contributed by atoms with Crippen LogP contribution in [0.1, 0.15) is 17.8 Å². The summed E-state index contributed by atoms with van der Waals surface area (Å²) in [7, 11) is 0. The number of nitrogens with zero attached hydrogens (tertiary/aromatic N) is 3. The molecule has 0 spiro atoms. The SMILES string of the molecule is Cc1cc(C(F)(F)F)n(C2=NC(=N)CC(=O)N2)n1. The number of carbonyl (C=O) groups is 1. The van der Waals surface area contributed by atoms with E-state index in [-0.39, 0.29) is 18.0 Å². The molecule has 18 heavy (non-hydrogen) atoms. The second-order valence-electron chi connectivity index (χ2n) is 3.69. The maximum atomic E-state index is 12.7. The van der Waals surface area contributed by atoms with E-state index in [0.29, 0.717) is 4.68 Å². The predicted octanol–water partition coefficient (Wildman–Crippen LogP) is 0.912. The lowest BCUT2D eigenvalue weighted by Crippen LogP contribution is -2.42. The number of nitrogens with one attached hydrogen (secondary N) is 2. The van der Waals surface area contributed by atoms with E-state index in [1.54, 1.807) is 0 Å². The Labute approximate surface area is 99.0 Å². The van der Waals surface area contributed by atoms with Crippen LogP contribution in [0.3, 0.4) is 0 Å². The second kappa shape index (κ2) is 3.93. The maximum absolute atomic E-state index is 12.7. The van der Waals surface area contributed by atoms with Gasteiger partial charge in [-0.1, -0.05) is 0 Å². The Kier molecular flexibility index (Phi) is 2.68. The number of amides is 1. The van der Waals surface area contributed by atoms with Gasteiger partial charge in [0.15, 0.2) is 5.69 Å². The molecule has 2 heterocycles. The predicted molar refractivity (Wildman–Crippen MR) is 55.3 cm³/mol. The number of aryl methyl sites for hydroxylation is 1. The van der Waals surface area contributed by atoms with Crippen molar-refractivity contribution in [3.63, 3.8) is 0 Å². The molecule has 0 fully saturated rings. The molecule has 0 atom stereocenters. The first-order valence-corrected chi connectivity index (χ1v) is 4.87. The fraction of sp³-hybridized carbons (Fsp3) is 0.333. The van der Waals surface area contributed by atoms with Crippen molar-refractivity contribution in [1.82, 2.24) is 15.1 Å². The highest BCUT2D eigenvalue weighted by molar-refractivity contribution is 6.14. The van der Waals surface area contributed by atoms with Gasteiger partial charge in [0, 0.05) is 0 Å². The van der Waals surface area contributed by atoms with Crippen LogP contribution >= 0.6 is 0 Å². The Morgan fingerprint density at radius 1 is 1.50 bits per heavy atom. The molecule has 1 aromatic rings. The Bertz CT molecular complexity index is 557. The molecule has 1 amide bonds. The first-order chi connectivity index (χ1) is 8.27. The van der Waals surface area contributed by atoms with Crippen LogP contribution in [0.2, 0.25) is 0 Å². The lowest BCUT2D eigenvalue weighted by atomic mass is 10.3. The van der Waals surface area contributed by atoms with Crippen LogP contribution in [0.15, 0.2) is 11.1 Å². The molecule has 0 aliphatic carbocycles. The zero-order valence-electron chi connectivity index (χ0n) is 9.17. The molecule has 0 saturated heterocycles. The standard InChI is InChI=1S/C9H8F3N5O/c1-4-2-5(9(10,11)12)17(16-4)8-14-6(13)3-7(18)15-8/h2H,3H2,1H3,(H2,13,14,15,18). The minimum Gasteiger partial charge on any atom is -0.294 e. The topological polar surface area (TPSA) is 83.1 Å². The molecule has 2 rings (SSSR count). The van der Waals surface area contributed by atoms with Gasteiger partial charge in [-0.3, -0.25) is 15.5 Å². The van der Waals surface area contributed by atoms with E-state index in [1.165, 1.54) is 6.92 Å². The normalized spacial score (nSPS) is 16.6. The van der Waals surface area contributed by atoms with Gasteiger partial charge in [0.25, 0.3) is 0 Å². The van der Waals surface area contributed by atoms with Crippen LogP contribution in [0.5, 0.6) is 0 Å². The number of carbonyl (C=O) groups excluding carboxylic acids is 1. The van der Waals surface area contributed by atoms with Crippen molar-refractivity contribution in [3.8, 4) is 0 Å². The summed E-state index contributed by atoms with van der Waals surface area (Å²) in [5, 5.41) is 13.0. The number of amidine groups is 1. The van der Waals surface area contributed by atoms with Crippen LogP contribution in [0.25, 0.3) is 0 Å². The number of hydrogen-bond acceptors (Lipinski definition) is 3. The molecule has 0 aromatic carbocycles. The zero-order valence-corrected chi connectivity index (χ0v) is 9.17. The van der Waals surface area contributed by atoms with Crippen LogP contribution in [-0.2, 0) is 11.0 Å². The van der Waals surface area contributed by atoms with Crippen LogP contribution in [0.4, 0.5) is 13.2 Å². The molecule has 0 radical (unpaired) electrons. The molecule has 1 aromatic heterocycles. The molecule has 0 unspecified atom stereocenters. The molecule has 0 saturated carbocycles. The van der Waals surface area contributed by atoms with E-state index < -0.39 is 23.7 Å². The van der Waals surface area contributed by atoms with E-state index >= 15 is 0 Å². The van der Waals surface area contributed by atoms with E-state index in [0.717, 1.165) is 6.07 Å². The number of hydrogen-bond donors (Lipinski definition) is 2. The third-order valence-electron chi connectivity index (χ3n) is 2.14. The lowest BCUT2D eigenvalue weighted by Gasteiger charge is -2.16. The molecular weight excluding hydrogens is 251 g/mol. The molecule has 1 aliphatic heterocycles. The highest BCUT2D eigenvalue weighted by Gasteiger charge is 2.37. The summed E-state index contributed by atoms with van der Waals surface area (Å²) in [5.74, 6) is -1.31. The van der Waals surface area contributed by atoms with Gasteiger partial charge in [0.05, 0.1) is 12.1 Å². The van der Waals surface area contributed by atoms with E-state index in [2.05, 4.69) is 15.4 Å². The number of aromatic nitrogens is 2. The molecule has 0 bridgehead atoms. The van der Waals surface area contributed by atoms with Crippen molar-refractivity contribution in [3.05, 3.63) is 17.5 Å². The van der Waals surface area contributed by atoms with Gasteiger partial charge in [0.1, 0.15) is 5.84 Å².